The maximum absolute atomic E-state index is 10.9. The molecule has 2 heterocycles. The summed E-state index contributed by atoms with van der Waals surface area (Å²) in [6.45, 7) is 4.47. The average Bonchev–Trinajstić information content (AvgIpc) is 2.74. The average molecular weight is 294 g/mol. The molecule has 1 atom stereocenters. The van der Waals surface area contributed by atoms with Crippen LogP contribution in [0, 0.1) is 5.41 Å². The highest BCUT2D eigenvalue weighted by molar-refractivity contribution is 7.09. The molecule has 0 radical (unpaired) electrons. The first-order valence-electron chi connectivity index (χ1n) is 7.52. The first-order valence-corrected chi connectivity index (χ1v) is 8.40. The van der Waals surface area contributed by atoms with E-state index in [1.165, 1.54) is 49.9 Å². The van der Waals surface area contributed by atoms with Crippen molar-refractivity contribution in [2.24, 2.45) is 5.41 Å². The number of nitrogens with zero attached hydrogens (tertiary/aromatic N) is 2. The summed E-state index contributed by atoms with van der Waals surface area (Å²) in [6.07, 6.45) is 8.28. The first-order chi connectivity index (χ1) is 9.60. The molecule has 0 amide bonds. The molecule has 2 fully saturated rings. The minimum absolute atomic E-state index is 0.182. The van der Waals surface area contributed by atoms with E-state index in [0.29, 0.717) is 5.41 Å². The largest absolute Gasteiger partial charge is 0.476 e. The Kier molecular flexibility index (Phi) is 3.82. The van der Waals surface area contributed by atoms with Gasteiger partial charge in [-0.05, 0) is 25.2 Å². The molecule has 1 saturated carbocycles. The fourth-order valence-corrected chi connectivity index (χ4v) is 4.50. The summed E-state index contributed by atoms with van der Waals surface area (Å²) in [5.41, 5.74) is 0.735. The first kappa shape index (κ1) is 14.0. The second-order valence-electron chi connectivity index (χ2n) is 6.37. The SMILES string of the molecule is CC(c1nc(C(=O)O)cs1)N1CC2(CCCCCC2)C1. The highest BCUT2D eigenvalue weighted by atomic mass is 32.1. The molecule has 20 heavy (non-hydrogen) atoms. The predicted molar refractivity (Wildman–Crippen MR) is 79.2 cm³/mol. The third-order valence-corrected chi connectivity index (χ3v) is 5.90. The molecule has 1 saturated heterocycles. The third-order valence-electron chi connectivity index (χ3n) is 4.89. The van der Waals surface area contributed by atoms with Crippen LogP contribution >= 0.6 is 11.3 Å². The monoisotopic (exact) mass is 294 g/mol. The number of aromatic carboxylic acids is 1. The lowest BCUT2D eigenvalue weighted by atomic mass is 9.73. The summed E-state index contributed by atoms with van der Waals surface area (Å²) in [5.74, 6) is -0.927. The zero-order valence-electron chi connectivity index (χ0n) is 12.0. The maximum atomic E-state index is 10.9. The van der Waals surface area contributed by atoms with Gasteiger partial charge in [-0.15, -0.1) is 11.3 Å². The predicted octanol–water partition coefficient (Wildman–Crippen LogP) is 3.56. The van der Waals surface area contributed by atoms with Gasteiger partial charge in [0.25, 0.3) is 0 Å². The van der Waals surface area contributed by atoms with Crippen LogP contribution in [0.5, 0.6) is 0 Å². The van der Waals surface area contributed by atoms with Crippen molar-refractivity contribution in [2.75, 3.05) is 13.1 Å². The van der Waals surface area contributed by atoms with Crippen molar-refractivity contribution < 1.29 is 9.90 Å². The van der Waals surface area contributed by atoms with Crippen molar-refractivity contribution in [3.63, 3.8) is 0 Å². The van der Waals surface area contributed by atoms with Crippen LogP contribution in [0.3, 0.4) is 0 Å². The van der Waals surface area contributed by atoms with E-state index in [1.54, 1.807) is 5.38 Å². The molecule has 1 N–H and O–H groups in total. The van der Waals surface area contributed by atoms with Gasteiger partial charge >= 0.3 is 5.97 Å². The fraction of sp³-hybridized carbons (Fsp3) is 0.733. The van der Waals surface area contributed by atoms with Gasteiger partial charge in [0.1, 0.15) is 5.01 Å². The number of thiazole rings is 1. The van der Waals surface area contributed by atoms with Gasteiger partial charge < -0.3 is 5.11 Å². The van der Waals surface area contributed by atoms with E-state index < -0.39 is 5.97 Å². The highest BCUT2D eigenvalue weighted by Crippen LogP contribution is 2.46. The van der Waals surface area contributed by atoms with Gasteiger partial charge in [0, 0.05) is 18.5 Å². The van der Waals surface area contributed by atoms with Crippen LogP contribution < -0.4 is 0 Å². The molecule has 1 aromatic rings. The zero-order chi connectivity index (χ0) is 14.2. The fourth-order valence-electron chi connectivity index (χ4n) is 3.62. The summed E-state index contributed by atoms with van der Waals surface area (Å²) >= 11 is 1.47. The van der Waals surface area contributed by atoms with Gasteiger partial charge in [0.05, 0.1) is 6.04 Å². The van der Waals surface area contributed by atoms with Crippen LogP contribution in [0.15, 0.2) is 5.38 Å². The molecule has 1 aromatic heterocycles. The lowest BCUT2D eigenvalue weighted by Gasteiger charge is -2.52. The molecule has 0 bridgehead atoms. The molecular formula is C15H22N2O2S. The minimum Gasteiger partial charge on any atom is -0.476 e. The quantitative estimate of drug-likeness (QED) is 0.926. The Morgan fingerprint density at radius 3 is 2.55 bits per heavy atom. The smallest absolute Gasteiger partial charge is 0.355 e. The van der Waals surface area contributed by atoms with Crippen LogP contribution in [0.4, 0.5) is 0 Å². The number of rotatable bonds is 3. The summed E-state index contributed by atoms with van der Waals surface area (Å²) in [5, 5.41) is 11.5. The van der Waals surface area contributed by atoms with E-state index in [-0.39, 0.29) is 11.7 Å². The van der Waals surface area contributed by atoms with Crippen molar-refractivity contribution in [3.8, 4) is 0 Å². The highest BCUT2D eigenvalue weighted by Gasteiger charge is 2.44. The van der Waals surface area contributed by atoms with Gasteiger partial charge in [0.15, 0.2) is 5.69 Å². The van der Waals surface area contributed by atoms with Crippen molar-refractivity contribution in [1.82, 2.24) is 9.88 Å². The number of carboxylic acids is 1. The van der Waals surface area contributed by atoms with Gasteiger partial charge in [-0.3, -0.25) is 4.90 Å². The van der Waals surface area contributed by atoms with E-state index in [1.807, 2.05) is 0 Å². The Hall–Kier alpha value is -0.940. The molecule has 3 rings (SSSR count). The van der Waals surface area contributed by atoms with Crippen LogP contribution in [-0.2, 0) is 0 Å². The Balaban J connectivity index is 1.62. The molecule has 5 heteroatoms. The van der Waals surface area contributed by atoms with Crippen molar-refractivity contribution in [2.45, 2.75) is 51.5 Å². The number of carboxylic acid groups (broad SMARTS) is 1. The summed E-state index contributed by atoms with van der Waals surface area (Å²) in [7, 11) is 0. The second kappa shape index (κ2) is 5.45. The molecule has 1 aliphatic heterocycles. The molecule has 2 aliphatic rings. The van der Waals surface area contributed by atoms with Crippen molar-refractivity contribution in [1.29, 1.82) is 0 Å². The molecule has 1 unspecified atom stereocenters. The number of aromatic nitrogens is 1. The number of hydrogen-bond donors (Lipinski definition) is 1. The molecular weight excluding hydrogens is 272 g/mol. The summed E-state index contributed by atoms with van der Waals surface area (Å²) in [6, 6.07) is 0.252. The lowest BCUT2D eigenvalue weighted by Crippen LogP contribution is -2.56. The number of likely N-dealkylation sites (tertiary alicyclic amines) is 1. The standard InChI is InChI=1S/C15H22N2O2S/c1-11(13-16-12(8-20-13)14(18)19)17-9-15(10-17)6-4-2-3-5-7-15/h8,11H,2-7,9-10H2,1H3,(H,18,19). The molecule has 0 aromatic carbocycles. The lowest BCUT2D eigenvalue weighted by molar-refractivity contribution is -0.0381. The van der Waals surface area contributed by atoms with E-state index in [2.05, 4.69) is 16.8 Å². The van der Waals surface area contributed by atoms with Gasteiger partial charge in [-0.1, -0.05) is 25.7 Å². The normalized spacial score (nSPS) is 24.1. The summed E-state index contributed by atoms with van der Waals surface area (Å²) < 4.78 is 0. The van der Waals surface area contributed by atoms with Crippen LogP contribution in [0.25, 0.3) is 0 Å². The third kappa shape index (κ3) is 2.61. The molecule has 4 nitrogen and oxygen atoms in total. The Bertz CT molecular complexity index is 484. The van der Waals surface area contributed by atoms with E-state index in [0.717, 1.165) is 18.1 Å². The topological polar surface area (TPSA) is 53.4 Å². The van der Waals surface area contributed by atoms with Gasteiger partial charge in [-0.2, -0.15) is 0 Å². The summed E-state index contributed by atoms with van der Waals surface area (Å²) in [4.78, 5) is 17.6. The second-order valence-corrected chi connectivity index (χ2v) is 7.26. The zero-order valence-corrected chi connectivity index (χ0v) is 12.8. The Morgan fingerprint density at radius 2 is 2.00 bits per heavy atom. The van der Waals surface area contributed by atoms with E-state index >= 15 is 0 Å². The van der Waals surface area contributed by atoms with Gasteiger partial charge in [0.2, 0.25) is 0 Å². The minimum atomic E-state index is -0.927. The van der Waals surface area contributed by atoms with Crippen LogP contribution in [-0.4, -0.2) is 34.0 Å². The molecule has 1 aliphatic carbocycles. The van der Waals surface area contributed by atoms with E-state index in [9.17, 15) is 4.79 Å². The van der Waals surface area contributed by atoms with E-state index in [4.69, 9.17) is 5.11 Å². The Labute approximate surface area is 123 Å². The molecule has 110 valence electrons. The van der Waals surface area contributed by atoms with Crippen molar-refractivity contribution >= 4 is 17.3 Å². The Morgan fingerprint density at radius 1 is 1.35 bits per heavy atom. The number of carbonyl (C=O) groups is 1. The molecule has 1 spiro atoms. The number of hydrogen-bond acceptors (Lipinski definition) is 4. The maximum Gasteiger partial charge on any atom is 0.355 e. The van der Waals surface area contributed by atoms with Crippen molar-refractivity contribution in [3.05, 3.63) is 16.1 Å². The van der Waals surface area contributed by atoms with Gasteiger partial charge in [-0.25, -0.2) is 9.78 Å². The van der Waals surface area contributed by atoms with Crippen LogP contribution in [0.1, 0.15) is 67.0 Å². The van der Waals surface area contributed by atoms with Crippen LogP contribution in [0.2, 0.25) is 0 Å².